The molecule has 0 aliphatic rings. The standard InChI is InChI=1S/C28H20F4O/c1-2-33-24-17-14-21(25(29)28(24)32)13-10-18-8-11-20(12-9-18)23-16-15-22(26(30)27(23)31)19-6-4-3-5-7-19/h3-17H,2H2,1H3/b13-10+. The van der Waals surface area contributed by atoms with Crippen molar-refractivity contribution in [1.29, 1.82) is 0 Å². The minimum Gasteiger partial charge on any atom is -0.491 e. The molecule has 4 aromatic rings. The molecule has 0 fully saturated rings. The number of rotatable bonds is 6. The quantitative estimate of drug-likeness (QED) is 0.214. The molecule has 0 saturated carbocycles. The number of hydrogen-bond acceptors (Lipinski definition) is 1. The van der Waals surface area contributed by atoms with Crippen LogP contribution in [0.2, 0.25) is 0 Å². The lowest BCUT2D eigenvalue weighted by Crippen LogP contribution is -1.98. The first-order valence-electron chi connectivity index (χ1n) is 10.4. The minimum atomic E-state index is -1.04. The van der Waals surface area contributed by atoms with Gasteiger partial charge in [-0.25, -0.2) is 13.2 Å². The second-order valence-corrected chi connectivity index (χ2v) is 7.32. The van der Waals surface area contributed by atoms with Gasteiger partial charge in [0.15, 0.2) is 23.2 Å². The zero-order valence-corrected chi connectivity index (χ0v) is 17.8. The Balaban J connectivity index is 1.57. The molecule has 0 atom stereocenters. The van der Waals surface area contributed by atoms with Crippen LogP contribution in [0.4, 0.5) is 17.6 Å². The van der Waals surface area contributed by atoms with Crippen LogP contribution in [-0.4, -0.2) is 6.61 Å². The Morgan fingerprint density at radius 2 is 1.21 bits per heavy atom. The number of ether oxygens (including phenoxy) is 1. The third-order valence-corrected chi connectivity index (χ3v) is 5.22. The van der Waals surface area contributed by atoms with Crippen molar-refractivity contribution in [3.8, 4) is 28.0 Å². The monoisotopic (exact) mass is 448 g/mol. The largest absolute Gasteiger partial charge is 0.491 e. The molecule has 5 heteroatoms. The second kappa shape index (κ2) is 9.74. The predicted molar refractivity (Wildman–Crippen MR) is 124 cm³/mol. The Hall–Kier alpha value is -3.86. The van der Waals surface area contributed by atoms with Crippen molar-refractivity contribution in [2.24, 2.45) is 0 Å². The van der Waals surface area contributed by atoms with Gasteiger partial charge in [-0.15, -0.1) is 0 Å². The fourth-order valence-corrected chi connectivity index (χ4v) is 3.52. The van der Waals surface area contributed by atoms with Gasteiger partial charge in [0.1, 0.15) is 0 Å². The maximum absolute atomic E-state index is 14.8. The Labute approximate surface area is 189 Å². The van der Waals surface area contributed by atoms with Gasteiger partial charge in [0, 0.05) is 16.7 Å². The molecule has 4 aromatic carbocycles. The molecule has 0 saturated heterocycles. The van der Waals surface area contributed by atoms with Gasteiger partial charge < -0.3 is 4.74 Å². The first kappa shape index (κ1) is 22.3. The van der Waals surface area contributed by atoms with Crippen LogP contribution in [0.25, 0.3) is 34.4 Å². The average molecular weight is 448 g/mol. The summed E-state index contributed by atoms with van der Waals surface area (Å²) < 4.78 is 62.8. The lowest BCUT2D eigenvalue weighted by molar-refractivity contribution is 0.314. The van der Waals surface area contributed by atoms with Crippen molar-refractivity contribution in [3.63, 3.8) is 0 Å². The summed E-state index contributed by atoms with van der Waals surface area (Å²) in [7, 11) is 0. The van der Waals surface area contributed by atoms with Gasteiger partial charge in [0.05, 0.1) is 6.61 Å². The van der Waals surface area contributed by atoms with Gasteiger partial charge in [-0.3, -0.25) is 0 Å². The molecule has 0 aliphatic carbocycles. The molecule has 0 spiro atoms. The Morgan fingerprint density at radius 1 is 0.606 bits per heavy atom. The van der Waals surface area contributed by atoms with Crippen molar-refractivity contribution in [2.75, 3.05) is 6.61 Å². The van der Waals surface area contributed by atoms with Gasteiger partial charge in [-0.1, -0.05) is 78.9 Å². The van der Waals surface area contributed by atoms with Crippen LogP contribution in [0.3, 0.4) is 0 Å². The summed E-state index contributed by atoms with van der Waals surface area (Å²) in [6.45, 7) is 1.92. The van der Waals surface area contributed by atoms with Gasteiger partial charge in [0.25, 0.3) is 0 Å². The van der Waals surface area contributed by atoms with E-state index in [4.69, 9.17) is 4.74 Å². The van der Waals surface area contributed by atoms with Crippen molar-refractivity contribution < 1.29 is 22.3 Å². The van der Waals surface area contributed by atoms with Crippen LogP contribution in [0, 0.1) is 23.3 Å². The summed E-state index contributed by atoms with van der Waals surface area (Å²) in [5, 5.41) is 0. The molecular formula is C28H20F4O. The Morgan fingerprint density at radius 3 is 1.82 bits per heavy atom. The van der Waals surface area contributed by atoms with Crippen LogP contribution < -0.4 is 4.74 Å². The summed E-state index contributed by atoms with van der Waals surface area (Å²) in [6.07, 6.45) is 3.05. The molecule has 0 aliphatic heterocycles. The van der Waals surface area contributed by atoms with Crippen molar-refractivity contribution in [3.05, 3.63) is 113 Å². The third-order valence-electron chi connectivity index (χ3n) is 5.22. The van der Waals surface area contributed by atoms with E-state index in [0.717, 1.165) is 0 Å². The van der Waals surface area contributed by atoms with Gasteiger partial charge in [-0.2, -0.15) is 4.39 Å². The van der Waals surface area contributed by atoms with Crippen LogP contribution >= 0.6 is 0 Å². The van der Waals surface area contributed by atoms with Crippen molar-refractivity contribution in [2.45, 2.75) is 6.92 Å². The highest BCUT2D eigenvalue weighted by atomic mass is 19.2. The van der Waals surface area contributed by atoms with Crippen LogP contribution in [-0.2, 0) is 0 Å². The average Bonchev–Trinajstić information content (AvgIpc) is 2.84. The first-order chi connectivity index (χ1) is 16.0. The number of benzene rings is 4. The molecule has 166 valence electrons. The maximum atomic E-state index is 14.8. The topological polar surface area (TPSA) is 9.23 Å². The smallest absolute Gasteiger partial charge is 0.201 e. The molecule has 0 amide bonds. The second-order valence-electron chi connectivity index (χ2n) is 7.32. The normalized spacial score (nSPS) is 11.2. The fraction of sp³-hybridized carbons (Fsp3) is 0.0714. The summed E-state index contributed by atoms with van der Waals surface area (Å²) in [5.41, 5.74) is 2.20. The van der Waals surface area contributed by atoms with Crippen molar-refractivity contribution >= 4 is 12.2 Å². The van der Waals surface area contributed by atoms with Gasteiger partial charge in [0.2, 0.25) is 5.82 Å². The minimum absolute atomic E-state index is 0.0737. The molecule has 4 rings (SSSR count). The summed E-state index contributed by atoms with van der Waals surface area (Å²) in [4.78, 5) is 0. The highest BCUT2D eigenvalue weighted by molar-refractivity contribution is 5.74. The molecule has 0 heterocycles. The van der Waals surface area contributed by atoms with Crippen molar-refractivity contribution in [1.82, 2.24) is 0 Å². The molecule has 0 bridgehead atoms. The van der Waals surface area contributed by atoms with Crippen LogP contribution in [0.5, 0.6) is 5.75 Å². The zero-order chi connectivity index (χ0) is 23.4. The van der Waals surface area contributed by atoms with E-state index in [9.17, 15) is 17.6 Å². The maximum Gasteiger partial charge on any atom is 0.201 e. The number of hydrogen-bond donors (Lipinski definition) is 0. The highest BCUT2D eigenvalue weighted by Crippen LogP contribution is 2.32. The molecule has 0 aromatic heterocycles. The van der Waals surface area contributed by atoms with Gasteiger partial charge >= 0.3 is 0 Å². The molecular weight excluding hydrogens is 428 g/mol. The fourth-order valence-electron chi connectivity index (χ4n) is 3.52. The van der Waals surface area contributed by atoms with E-state index in [1.165, 1.54) is 18.2 Å². The summed E-state index contributed by atoms with van der Waals surface area (Å²) in [6, 6.07) is 21.4. The van der Waals surface area contributed by atoms with Gasteiger partial charge in [-0.05, 0) is 35.7 Å². The number of halogens is 4. The Kier molecular flexibility index (Phi) is 6.59. The van der Waals surface area contributed by atoms with E-state index in [-0.39, 0.29) is 29.0 Å². The lowest BCUT2D eigenvalue weighted by Gasteiger charge is -2.09. The summed E-state index contributed by atoms with van der Waals surface area (Å²) in [5.74, 6) is -4.00. The third kappa shape index (κ3) is 4.67. The molecule has 1 nitrogen and oxygen atoms in total. The Bertz CT molecular complexity index is 1300. The van der Waals surface area contributed by atoms with E-state index in [1.54, 1.807) is 73.7 Å². The highest BCUT2D eigenvalue weighted by Gasteiger charge is 2.16. The van der Waals surface area contributed by atoms with Crippen LogP contribution in [0.1, 0.15) is 18.1 Å². The molecule has 0 radical (unpaired) electrons. The SMILES string of the molecule is CCOc1ccc(/C=C/c2ccc(-c3ccc(-c4ccccc4)c(F)c3F)cc2)c(F)c1F. The van der Waals surface area contributed by atoms with Crippen LogP contribution in [0.15, 0.2) is 78.9 Å². The molecule has 0 N–H and O–H groups in total. The van der Waals surface area contributed by atoms with E-state index >= 15 is 0 Å². The molecule has 0 unspecified atom stereocenters. The first-order valence-corrected chi connectivity index (χ1v) is 10.4. The lowest BCUT2D eigenvalue weighted by atomic mass is 9.98. The van der Waals surface area contributed by atoms with E-state index in [1.807, 2.05) is 6.07 Å². The van der Waals surface area contributed by atoms with E-state index in [2.05, 4.69) is 0 Å². The van der Waals surface area contributed by atoms with E-state index < -0.39 is 23.3 Å². The molecule has 33 heavy (non-hydrogen) atoms. The van der Waals surface area contributed by atoms with E-state index in [0.29, 0.717) is 16.7 Å². The predicted octanol–water partition coefficient (Wildman–Crippen LogP) is 8.15. The zero-order valence-electron chi connectivity index (χ0n) is 17.8. The summed E-state index contributed by atoms with van der Waals surface area (Å²) >= 11 is 0.